The van der Waals surface area contributed by atoms with E-state index in [0.717, 1.165) is 13.1 Å². The number of piperazine rings is 1. The van der Waals surface area contributed by atoms with Crippen LogP contribution < -0.4 is 0 Å². The fraction of sp³-hybridized carbons (Fsp3) is 0.857. The van der Waals surface area contributed by atoms with Crippen molar-refractivity contribution in [3.63, 3.8) is 0 Å². The number of morpholine rings is 1. The Morgan fingerprint density at radius 3 is 2.24 bits per heavy atom. The number of aliphatic carboxylic acids is 1. The lowest BCUT2D eigenvalue weighted by Gasteiger charge is -2.38. The van der Waals surface area contributed by atoms with Crippen LogP contribution in [0.5, 0.6) is 0 Å². The van der Waals surface area contributed by atoms with E-state index < -0.39 is 12.0 Å². The van der Waals surface area contributed by atoms with E-state index >= 15 is 0 Å². The number of hydrogen-bond acceptors (Lipinski definition) is 5. The molecule has 0 saturated carbocycles. The van der Waals surface area contributed by atoms with Crippen LogP contribution in [-0.2, 0) is 14.3 Å². The predicted octanol–water partition coefficient (Wildman–Crippen LogP) is -0.674. The van der Waals surface area contributed by atoms with Gasteiger partial charge in [-0.3, -0.25) is 19.4 Å². The van der Waals surface area contributed by atoms with Gasteiger partial charge in [0.1, 0.15) is 6.04 Å². The van der Waals surface area contributed by atoms with Crippen LogP contribution in [0.1, 0.15) is 13.3 Å². The van der Waals surface area contributed by atoms with E-state index in [1.54, 1.807) is 0 Å². The molecule has 0 spiro atoms. The minimum absolute atomic E-state index is 0.150. The fourth-order valence-electron chi connectivity index (χ4n) is 2.93. The van der Waals surface area contributed by atoms with Crippen LogP contribution in [0.2, 0.25) is 0 Å². The van der Waals surface area contributed by atoms with Gasteiger partial charge in [0.05, 0.1) is 19.8 Å². The molecule has 2 rings (SSSR count). The maximum atomic E-state index is 12.2. The smallest absolute Gasteiger partial charge is 0.320 e. The van der Waals surface area contributed by atoms with Crippen molar-refractivity contribution in [3.8, 4) is 0 Å². The molecular formula is C14H25N3O4. The van der Waals surface area contributed by atoms with E-state index in [2.05, 4.69) is 4.90 Å². The number of carboxylic acids is 1. The summed E-state index contributed by atoms with van der Waals surface area (Å²) in [4.78, 5) is 29.3. The SMILES string of the molecule is CC[C@H](C(=O)O)N1CCN(CC(=O)N2CCOCC2)CC1. The fourth-order valence-corrected chi connectivity index (χ4v) is 2.93. The molecule has 21 heavy (non-hydrogen) atoms. The average molecular weight is 299 g/mol. The average Bonchev–Trinajstić information content (AvgIpc) is 2.50. The molecule has 0 radical (unpaired) electrons. The number of carbonyl (C=O) groups excluding carboxylic acids is 1. The molecule has 1 amide bonds. The molecule has 0 aromatic heterocycles. The highest BCUT2D eigenvalue weighted by molar-refractivity contribution is 5.78. The lowest BCUT2D eigenvalue weighted by molar-refractivity contribution is -0.145. The Balaban J connectivity index is 1.75. The van der Waals surface area contributed by atoms with E-state index in [9.17, 15) is 14.7 Å². The zero-order valence-corrected chi connectivity index (χ0v) is 12.7. The van der Waals surface area contributed by atoms with Crippen LogP contribution in [0.25, 0.3) is 0 Å². The third kappa shape index (κ3) is 4.39. The number of carboxylic acid groups (broad SMARTS) is 1. The van der Waals surface area contributed by atoms with E-state index in [4.69, 9.17) is 4.74 Å². The van der Waals surface area contributed by atoms with Gasteiger partial charge in [-0.2, -0.15) is 0 Å². The standard InChI is InChI=1S/C14H25N3O4/c1-2-12(14(19)20)16-5-3-15(4-6-16)11-13(18)17-7-9-21-10-8-17/h12H,2-11H2,1H3,(H,19,20)/t12-/m1/s1. The third-order valence-electron chi connectivity index (χ3n) is 4.24. The lowest BCUT2D eigenvalue weighted by Crippen LogP contribution is -2.54. The predicted molar refractivity (Wildman–Crippen MR) is 77.1 cm³/mol. The monoisotopic (exact) mass is 299 g/mol. The molecule has 2 fully saturated rings. The summed E-state index contributed by atoms with van der Waals surface area (Å²) in [5, 5.41) is 9.18. The van der Waals surface area contributed by atoms with Crippen molar-refractivity contribution in [2.24, 2.45) is 0 Å². The molecule has 0 aromatic rings. The van der Waals surface area contributed by atoms with Gasteiger partial charge in [-0.05, 0) is 6.42 Å². The zero-order valence-electron chi connectivity index (χ0n) is 12.7. The van der Waals surface area contributed by atoms with Crippen molar-refractivity contribution in [3.05, 3.63) is 0 Å². The number of ether oxygens (including phenoxy) is 1. The van der Waals surface area contributed by atoms with Crippen LogP contribution in [0.4, 0.5) is 0 Å². The normalized spacial score (nSPS) is 23.0. The molecule has 0 unspecified atom stereocenters. The van der Waals surface area contributed by atoms with Gasteiger partial charge < -0.3 is 14.7 Å². The molecule has 7 nitrogen and oxygen atoms in total. The largest absolute Gasteiger partial charge is 0.480 e. The van der Waals surface area contributed by atoms with E-state index in [1.165, 1.54) is 0 Å². The molecule has 2 heterocycles. The second-order valence-electron chi connectivity index (χ2n) is 5.57. The van der Waals surface area contributed by atoms with Gasteiger partial charge in [0.2, 0.25) is 5.91 Å². The Labute approximate surface area is 125 Å². The quantitative estimate of drug-likeness (QED) is 0.725. The van der Waals surface area contributed by atoms with Crippen molar-refractivity contribution >= 4 is 11.9 Å². The second kappa shape index (κ2) is 7.72. The molecule has 2 saturated heterocycles. The third-order valence-corrected chi connectivity index (χ3v) is 4.24. The van der Waals surface area contributed by atoms with Crippen molar-refractivity contribution in [1.29, 1.82) is 0 Å². The highest BCUT2D eigenvalue weighted by Crippen LogP contribution is 2.10. The summed E-state index contributed by atoms with van der Waals surface area (Å²) >= 11 is 0. The summed E-state index contributed by atoms with van der Waals surface area (Å²) in [5.74, 6) is -0.604. The maximum absolute atomic E-state index is 12.2. The van der Waals surface area contributed by atoms with Crippen molar-refractivity contribution < 1.29 is 19.4 Å². The number of nitrogens with zero attached hydrogens (tertiary/aromatic N) is 3. The Kier molecular flexibility index (Phi) is 5.96. The van der Waals surface area contributed by atoms with E-state index in [1.807, 2.05) is 16.7 Å². The van der Waals surface area contributed by atoms with Crippen LogP contribution >= 0.6 is 0 Å². The molecule has 0 aliphatic carbocycles. The number of rotatable bonds is 5. The number of hydrogen-bond donors (Lipinski definition) is 1. The van der Waals surface area contributed by atoms with Crippen LogP contribution in [0, 0.1) is 0 Å². The van der Waals surface area contributed by atoms with Gasteiger partial charge in [0, 0.05) is 39.3 Å². The van der Waals surface area contributed by atoms with E-state index in [-0.39, 0.29) is 5.91 Å². The summed E-state index contributed by atoms with van der Waals surface area (Å²) in [5.41, 5.74) is 0. The Hall–Kier alpha value is -1.18. The first-order chi connectivity index (χ1) is 10.1. The first-order valence-electron chi connectivity index (χ1n) is 7.66. The van der Waals surface area contributed by atoms with E-state index in [0.29, 0.717) is 52.4 Å². The highest BCUT2D eigenvalue weighted by atomic mass is 16.5. The van der Waals surface area contributed by atoms with Crippen molar-refractivity contribution in [2.45, 2.75) is 19.4 Å². The van der Waals surface area contributed by atoms with Gasteiger partial charge in [-0.15, -0.1) is 0 Å². The van der Waals surface area contributed by atoms with Crippen LogP contribution in [0.3, 0.4) is 0 Å². The molecule has 0 bridgehead atoms. The Bertz CT molecular complexity index is 363. The van der Waals surface area contributed by atoms with Crippen LogP contribution in [0.15, 0.2) is 0 Å². The Morgan fingerprint density at radius 2 is 1.71 bits per heavy atom. The lowest BCUT2D eigenvalue weighted by atomic mass is 10.1. The van der Waals surface area contributed by atoms with Crippen molar-refractivity contribution in [2.75, 3.05) is 59.0 Å². The highest BCUT2D eigenvalue weighted by Gasteiger charge is 2.28. The molecule has 2 aliphatic heterocycles. The molecule has 0 aromatic carbocycles. The molecule has 120 valence electrons. The molecule has 7 heteroatoms. The summed E-state index contributed by atoms with van der Waals surface area (Å²) in [6, 6.07) is -0.401. The summed E-state index contributed by atoms with van der Waals surface area (Å²) < 4.78 is 5.25. The summed E-state index contributed by atoms with van der Waals surface area (Å²) in [7, 11) is 0. The summed E-state index contributed by atoms with van der Waals surface area (Å²) in [6.45, 7) is 7.84. The molecule has 2 aliphatic rings. The minimum atomic E-state index is -0.754. The minimum Gasteiger partial charge on any atom is -0.480 e. The summed E-state index contributed by atoms with van der Waals surface area (Å²) in [6.07, 6.45) is 0.613. The van der Waals surface area contributed by atoms with Gasteiger partial charge in [-0.1, -0.05) is 6.92 Å². The molecule has 1 N–H and O–H groups in total. The maximum Gasteiger partial charge on any atom is 0.320 e. The Morgan fingerprint density at radius 1 is 1.10 bits per heavy atom. The topological polar surface area (TPSA) is 73.3 Å². The number of carbonyl (C=O) groups is 2. The van der Waals surface area contributed by atoms with Crippen molar-refractivity contribution in [1.82, 2.24) is 14.7 Å². The van der Waals surface area contributed by atoms with Gasteiger partial charge in [0.15, 0.2) is 0 Å². The first-order valence-corrected chi connectivity index (χ1v) is 7.66. The van der Waals surface area contributed by atoms with Gasteiger partial charge in [-0.25, -0.2) is 0 Å². The second-order valence-corrected chi connectivity index (χ2v) is 5.57. The van der Waals surface area contributed by atoms with Gasteiger partial charge in [0.25, 0.3) is 0 Å². The molecule has 1 atom stereocenters. The molecular weight excluding hydrogens is 274 g/mol. The first kappa shape index (κ1) is 16.2. The number of amides is 1. The zero-order chi connectivity index (χ0) is 15.2. The van der Waals surface area contributed by atoms with Crippen LogP contribution in [-0.4, -0.2) is 96.8 Å². The van der Waals surface area contributed by atoms with Gasteiger partial charge >= 0.3 is 5.97 Å².